The Bertz CT molecular complexity index is 854. The zero-order valence-electron chi connectivity index (χ0n) is 15.6. The number of benzene rings is 1. The average molecular weight is 369 g/mol. The number of nitrogens with one attached hydrogen (secondary N) is 1. The van der Waals surface area contributed by atoms with Crippen molar-refractivity contribution in [2.75, 3.05) is 5.32 Å². The Hall–Kier alpha value is -1.95. The van der Waals surface area contributed by atoms with Crippen LogP contribution in [0.25, 0.3) is 0 Å². The SMILES string of the molecule is C[C@H](Sc1nnc2c(n1)[C@@]1(C)CC[C@H]2C1(C)C)C(=O)Nc1ccccc1. The fourth-order valence-electron chi connectivity index (χ4n) is 4.39. The quantitative estimate of drug-likeness (QED) is 0.821. The van der Waals surface area contributed by atoms with E-state index in [-0.39, 0.29) is 22.0 Å². The summed E-state index contributed by atoms with van der Waals surface area (Å²) in [5, 5.41) is 12.0. The number of thioether (sulfide) groups is 1. The summed E-state index contributed by atoms with van der Waals surface area (Å²) in [6, 6.07) is 9.48. The highest BCUT2D eigenvalue weighted by Gasteiger charge is 2.61. The van der Waals surface area contributed by atoms with Gasteiger partial charge in [-0.25, -0.2) is 4.98 Å². The van der Waals surface area contributed by atoms with Crippen LogP contribution < -0.4 is 5.32 Å². The number of hydrogen-bond acceptors (Lipinski definition) is 5. The Labute approximate surface area is 158 Å². The molecule has 2 aromatic rings. The van der Waals surface area contributed by atoms with E-state index in [0.29, 0.717) is 11.1 Å². The maximum absolute atomic E-state index is 12.4. The zero-order chi connectivity index (χ0) is 18.5. The van der Waals surface area contributed by atoms with Crippen LogP contribution in [0, 0.1) is 5.41 Å². The van der Waals surface area contributed by atoms with E-state index in [1.807, 2.05) is 37.3 Å². The molecule has 3 atom stereocenters. The first kappa shape index (κ1) is 17.5. The molecule has 1 N–H and O–H groups in total. The van der Waals surface area contributed by atoms with Gasteiger partial charge in [0.25, 0.3) is 0 Å². The number of para-hydroxylation sites is 1. The molecule has 2 aliphatic rings. The third kappa shape index (κ3) is 2.54. The second-order valence-corrected chi connectivity index (χ2v) is 9.40. The van der Waals surface area contributed by atoms with Gasteiger partial charge < -0.3 is 5.32 Å². The van der Waals surface area contributed by atoms with Gasteiger partial charge in [0, 0.05) is 17.0 Å². The Morgan fingerprint density at radius 2 is 1.96 bits per heavy atom. The van der Waals surface area contributed by atoms with Crippen molar-refractivity contribution in [3.63, 3.8) is 0 Å². The van der Waals surface area contributed by atoms with Gasteiger partial charge >= 0.3 is 0 Å². The lowest BCUT2D eigenvalue weighted by molar-refractivity contribution is -0.115. The highest BCUT2D eigenvalue weighted by molar-refractivity contribution is 8.00. The molecule has 136 valence electrons. The summed E-state index contributed by atoms with van der Waals surface area (Å²) in [6.07, 6.45) is 2.31. The van der Waals surface area contributed by atoms with E-state index >= 15 is 0 Å². The molecule has 4 rings (SSSR count). The molecule has 0 unspecified atom stereocenters. The van der Waals surface area contributed by atoms with E-state index in [2.05, 4.69) is 36.3 Å². The maximum atomic E-state index is 12.4. The first-order valence-electron chi connectivity index (χ1n) is 9.10. The molecule has 1 heterocycles. The molecule has 0 spiro atoms. The molecule has 1 saturated carbocycles. The molecule has 0 aliphatic heterocycles. The number of carbonyl (C=O) groups is 1. The fourth-order valence-corrected chi connectivity index (χ4v) is 5.10. The minimum absolute atomic E-state index is 0.0494. The number of hydrogen-bond donors (Lipinski definition) is 1. The van der Waals surface area contributed by atoms with Crippen LogP contribution in [-0.2, 0) is 10.2 Å². The molecular weight excluding hydrogens is 344 g/mol. The van der Waals surface area contributed by atoms with Crippen molar-refractivity contribution in [3.8, 4) is 0 Å². The van der Waals surface area contributed by atoms with Crippen LogP contribution in [0.2, 0.25) is 0 Å². The summed E-state index contributed by atoms with van der Waals surface area (Å²) in [7, 11) is 0. The van der Waals surface area contributed by atoms with Gasteiger partial charge in [0.1, 0.15) is 0 Å². The van der Waals surface area contributed by atoms with Crippen molar-refractivity contribution in [1.29, 1.82) is 0 Å². The fraction of sp³-hybridized carbons (Fsp3) is 0.500. The van der Waals surface area contributed by atoms with E-state index in [9.17, 15) is 4.79 Å². The Kier molecular flexibility index (Phi) is 4.06. The molecule has 6 heteroatoms. The smallest absolute Gasteiger partial charge is 0.237 e. The van der Waals surface area contributed by atoms with Crippen LogP contribution in [0.3, 0.4) is 0 Å². The second-order valence-electron chi connectivity index (χ2n) is 8.09. The van der Waals surface area contributed by atoms with Gasteiger partial charge in [0.15, 0.2) is 0 Å². The lowest BCUT2D eigenvalue weighted by Gasteiger charge is -2.34. The molecule has 26 heavy (non-hydrogen) atoms. The van der Waals surface area contributed by atoms with Crippen LogP contribution in [0.4, 0.5) is 5.69 Å². The van der Waals surface area contributed by atoms with Crippen molar-refractivity contribution in [2.45, 2.75) is 62.3 Å². The van der Waals surface area contributed by atoms with Crippen LogP contribution >= 0.6 is 11.8 Å². The standard InChI is InChI=1S/C20H24N4OS/c1-12(17(25)21-13-8-6-5-7-9-13)26-18-22-16-15(23-24-18)14-10-11-20(16,4)19(14,2)3/h5-9,12,14H,10-11H2,1-4H3,(H,21,25)/t12-,14+,20+/m0/s1. The monoisotopic (exact) mass is 368 g/mol. The van der Waals surface area contributed by atoms with E-state index in [4.69, 9.17) is 4.98 Å². The summed E-state index contributed by atoms with van der Waals surface area (Å²) >= 11 is 1.37. The van der Waals surface area contributed by atoms with Crippen molar-refractivity contribution in [1.82, 2.24) is 15.2 Å². The van der Waals surface area contributed by atoms with Crippen molar-refractivity contribution < 1.29 is 4.79 Å². The molecule has 1 aromatic heterocycles. The second kappa shape index (κ2) is 6.05. The highest BCUT2D eigenvalue weighted by atomic mass is 32.2. The Morgan fingerprint density at radius 3 is 2.69 bits per heavy atom. The van der Waals surface area contributed by atoms with Gasteiger partial charge in [-0.3, -0.25) is 4.79 Å². The number of aromatic nitrogens is 3. The number of fused-ring (bicyclic) bond motifs is 5. The number of anilines is 1. The number of rotatable bonds is 4. The minimum atomic E-state index is -0.297. The summed E-state index contributed by atoms with van der Waals surface area (Å²) in [4.78, 5) is 17.3. The normalized spacial score (nSPS) is 26.4. The first-order valence-corrected chi connectivity index (χ1v) is 9.98. The minimum Gasteiger partial charge on any atom is -0.325 e. The summed E-state index contributed by atoms with van der Waals surface area (Å²) in [5.74, 6) is 0.388. The summed E-state index contributed by atoms with van der Waals surface area (Å²) in [5.41, 5.74) is 3.16. The van der Waals surface area contributed by atoms with Gasteiger partial charge in [-0.15, -0.1) is 5.10 Å². The average Bonchev–Trinajstić information content (AvgIpc) is 2.95. The molecular formula is C20H24N4OS. The Balaban J connectivity index is 1.52. The number of carbonyl (C=O) groups excluding carboxylic acids is 1. The van der Waals surface area contributed by atoms with Crippen LogP contribution in [0.5, 0.6) is 0 Å². The lowest BCUT2D eigenvalue weighted by atomic mass is 9.70. The largest absolute Gasteiger partial charge is 0.325 e. The number of nitrogens with zero attached hydrogens (tertiary/aromatic N) is 3. The van der Waals surface area contributed by atoms with Gasteiger partial charge in [-0.1, -0.05) is 50.7 Å². The van der Waals surface area contributed by atoms with Gasteiger partial charge in [-0.05, 0) is 37.3 Å². The van der Waals surface area contributed by atoms with Crippen molar-refractivity contribution in [2.24, 2.45) is 5.41 Å². The molecule has 0 radical (unpaired) electrons. The van der Waals surface area contributed by atoms with E-state index in [1.54, 1.807) is 0 Å². The summed E-state index contributed by atoms with van der Waals surface area (Å²) < 4.78 is 0. The lowest BCUT2D eigenvalue weighted by Crippen LogP contribution is -2.32. The predicted molar refractivity (Wildman–Crippen MR) is 103 cm³/mol. The maximum Gasteiger partial charge on any atom is 0.237 e. The topological polar surface area (TPSA) is 67.8 Å². The van der Waals surface area contributed by atoms with Gasteiger partial charge in [0.2, 0.25) is 11.1 Å². The first-order chi connectivity index (χ1) is 12.3. The zero-order valence-corrected chi connectivity index (χ0v) is 16.4. The number of amides is 1. The molecule has 1 aromatic carbocycles. The molecule has 2 bridgehead atoms. The molecule has 5 nitrogen and oxygen atoms in total. The highest BCUT2D eigenvalue weighted by Crippen LogP contribution is 2.66. The molecule has 2 aliphatic carbocycles. The molecule has 1 amide bonds. The predicted octanol–water partition coefficient (Wildman–Crippen LogP) is 4.17. The van der Waals surface area contributed by atoms with Crippen LogP contribution in [0.15, 0.2) is 35.5 Å². The van der Waals surface area contributed by atoms with Crippen LogP contribution in [-0.4, -0.2) is 26.3 Å². The van der Waals surface area contributed by atoms with E-state index in [1.165, 1.54) is 11.8 Å². The van der Waals surface area contributed by atoms with E-state index < -0.39 is 0 Å². The van der Waals surface area contributed by atoms with E-state index in [0.717, 1.165) is 29.9 Å². The third-order valence-corrected chi connectivity index (χ3v) is 7.42. The molecule has 1 fully saturated rings. The van der Waals surface area contributed by atoms with Crippen LogP contribution in [0.1, 0.15) is 57.8 Å². The third-order valence-electron chi connectivity index (χ3n) is 6.47. The Morgan fingerprint density at radius 1 is 1.23 bits per heavy atom. The van der Waals surface area contributed by atoms with Gasteiger partial charge in [-0.2, -0.15) is 5.10 Å². The van der Waals surface area contributed by atoms with Crippen molar-refractivity contribution >= 4 is 23.4 Å². The molecule has 0 saturated heterocycles. The van der Waals surface area contributed by atoms with Gasteiger partial charge in [0.05, 0.1) is 16.6 Å². The van der Waals surface area contributed by atoms with Crippen molar-refractivity contribution in [3.05, 3.63) is 41.7 Å². The summed E-state index contributed by atoms with van der Waals surface area (Å²) in [6.45, 7) is 8.80.